The van der Waals surface area contributed by atoms with Crippen LogP contribution in [0.3, 0.4) is 0 Å². The summed E-state index contributed by atoms with van der Waals surface area (Å²) in [4.78, 5) is 40.5. The molecule has 1 aromatic rings. The first-order chi connectivity index (χ1) is 13.5. The lowest BCUT2D eigenvalue weighted by atomic mass is 10.1. The van der Waals surface area contributed by atoms with Crippen molar-refractivity contribution in [2.24, 2.45) is 4.99 Å². The zero-order valence-electron chi connectivity index (χ0n) is 16.0. The van der Waals surface area contributed by atoms with Gasteiger partial charge in [0, 0.05) is 18.1 Å². The van der Waals surface area contributed by atoms with Gasteiger partial charge in [-0.05, 0) is 25.0 Å². The van der Waals surface area contributed by atoms with Gasteiger partial charge in [-0.15, -0.1) is 0 Å². The highest BCUT2D eigenvalue weighted by Gasteiger charge is 2.18. The van der Waals surface area contributed by atoms with Gasteiger partial charge in [-0.25, -0.2) is 4.79 Å². The minimum Gasteiger partial charge on any atom is -0.452 e. The third-order valence-corrected chi connectivity index (χ3v) is 6.10. The summed E-state index contributed by atoms with van der Waals surface area (Å²) >= 11 is 3.31. The van der Waals surface area contributed by atoms with Crippen LogP contribution in [-0.4, -0.2) is 53.7 Å². The van der Waals surface area contributed by atoms with E-state index in [1.54, 1.807) is 42.6 Å². The molecule has 0 radical (unpaired) electrons. The summed E-state index contributed by atoms with van der Waals surface area (Å²) in [6, 6.07) is 6.47. The lowest BCUT2D eigenvalue weighted by Crippen LogP contribution is -2.46. The molecule has 1 aliphatic heterocycles. The molecule has 0 saturated heterocycles. The van der Waals surface area contributed by atoms with Gasteiger partial charge in [0.1, 0.15) is 10.4 Å². The van der Waals surface area contributed by atoms with E-state index in [1.165, 1.54) is 0 Å². The van der Waals surface area contributed by atoms with Crippen LogP contribution in [0.15, 0.2) is 29.3 Å². The van der Waals surface area contributed by atoms with Crippen LogP contribution < -0.4 is 10.6 Å². The van der Waals surface area contributed by atoms with Crippen LogP contribution in [0.25, 0.3) is 0 Å². The molecule has 0 bridgehead atoms. The number of thioether (sulfide) groups is 2. The highest BCUT2D eigenvalue weighted by atomic mass is 32.2. The van der Waals surface area contributed by atoms with Gasteiger partial charge in [-0.1, -0.05) is 48.6 Å². The number of nitrogens with one attached hydrogen (secondary N) is 2. The highest BCUT2D eigenvalue weighted by Crippen LogP contribution is 2.26. The molecule has 28 heavy (non-hydrogen) atoms. The molecule has 2 N–H and O–H groups in total. The molecule has 7 nitrogen and oxygen atoms in total. The van der Waals surface area contributed by atoms with Gasteiger partial charge >= 0.3 is 5.97 Å². The molecule has 1 atom stereocenters. The summed E-state index contributed by atoms with van der Waals surface area (Å²) in [5, 5.41) is 5.22. The Kier molecular flexibility index (Phi) is 9.36. The Morgan fingerprint density at radius 2 is 2.11 bits per heavy atom. The molecule has 0 fully saturated rings. The Labute approximate surface area is 173 Å². The van der Waals surface area contributed by atoms with Crippen molar-refractivity contribution in [2.75, 3.05) is 25.4 Å². The predicted octanol–water partition coefficient (Wildman–Crippen LogP) is 2.21. The number of hydrogen-bond donors (Lipinski definition) is 2. The van der Waals surface area contributed by atoms with E-state index in [2.05, 4.69) is 15.6 Å². The van der Waals surface area contributed by atoms with E-state index in [0.717, 1.165) is 28.7 Å². The largest absolute Gasteiger partial charge is 0.452 e. The van der Waals surface area contributed by atoms with Crippen molar-refractivity contribution >= 4 is 45.7 Å². The smallest absolute Gasteiger partial charge is 0.338 e. The third-order valence-electron chi connectivity index (χ3n) is 3.80. The van der Waals surface area contributed by atoms with Crippen LogP contribution in [0.4, 0.5) is 0 Å². The van der Waals surface area contributed by atoms with E-state index in [4.69, 9.17) is 4.74 Å². The van der Waals surface area contributed by atoms with Crippen molar-refractivity contribution in [1.29, 1.82) is 0 Å². The van der Waals surface area contributed by atoms with Crippen LogP contribution in [0, 0.1) is 0 Å². The minimum absolute atomic E-state index is 0.267. The van der Waals surface area contributed by atoms with Crippen molar-refractivity contribution < 1.29 is 19.1 Å². The number of nitrogens with zero attached hydrogens (tertiary/aromatic N) is 1. The van der Waals surface area contributed by atoms with Crippen LogP contribution in [-0.2, 0) is 20.1 Å². The molecule has 1 aliphatic rings. The molecule has 1 aromatic carbocycles. The number of hydrogen-bond acceptors (Lipinski definition) is 7. The first kappa shape index (κ1) is 22.3. The van der Waals surface area contributed by atoms with Crippen LogP contribution >= 0.6 is 23.5 Å². The number of aliphatic imine (C=N–C) groups is 1. The molecular formula is C19H25N3O4S2. The zero-order chi connectivity index (χ0) is 20.4. The van der Waals surface area contributed by atoms with Gasteiger partial charge in [0.25, 0.3) is 5.91 Å². The monoisotopic (exact) mass is 423 g/mol. The summed E-state index contributed by atoms with van der Waals surface area (Å²) in [5.74, 6) is 0.261. The van der Waals surface area contributed by atoms with Crippen LogP contribution in [0.1, 0.15) is 36.2 Å². The Morgan fingerprint density at radius 1 is 1.32 bits per heavy atom. The standard InChI is InChI=1S/C19H25N3O4S2/c1-3-8-20-17(24)13(2)22-16(23)11-26-18(25)15-7-5-4-6-14(15)12-28-19-21-9-10-27-19/h4-7,13H,3,8-12H2,1-2H3,(H,20,24)(H,22,23)/t13-/m1/s1. The van der Waals surface area contributed by atoms with Gasteiger partial charge < -0.3 is 15.4 Å². The fraction of sp³-hybridized carbons (Fsp3) is 0.474. The topological polar surface area (TPSA) is 96.9 Å². The van der Waals surface area contributed by atoms with Gasteiger partial charge in [0.05, 0.1) is 12.1 Å². The summed E-state index contributed by atoms with van der Waals surface area (Å²) < 4.78 is 6.16. The number of esters is 1. The first-order valence-corrected chi connectivity index (χ1v) is 11.1. The fourth-order valence-electron chi connectivity index (χ4n) is 2.35. The van der Waals surface area contributed by atoms with Gasteiger partial charge in [0.15, 0.2) is 6.61 Å². The summed E-state index contributed by atoms with van der Waals surface area (Å²) in [5.41, 5.74) is 1.26. The van der Waals surface area contributed by atoms with Crippen molar-refractivity contribution in [3.63, 3.8) is 0 Å². The van der Waals surface area contributed by atoms with E-state index in [9.17, 15) is 14.4 Å². The van der Waals surface area contributed by atoms with E-state index < -0.39 is 24.5 Å². The molecule has 0 unspecified atom stereocenters. The Bertz CT molecular complexity index is 740. The molecule has 152 valence electrons. The number of carbonyl (C=O) groups excluding carboxylic acids is 3. The average molecular weight is 424 g/mol. The Hall–Kier alpha value is -2.00. The number of ether oxygens (including phenoxy) is 1. The van der Waals surface area contributed by atoms with E-state index >= 15 is 0 Å². The lowest BCUT2D eigenvalue weighted by molar-refractivity contribution is -0.130. The Balaban J connectivity index is 1.83. The predicted molar refractivity (Wildman–Crippen MR) is 114 cm³/mol. The highest BCUT2D eigenvalue weighted by molar-refractivity contribution is 8.38. The fourth-order valence-corrected chi connectivity index (χ4v) is 4.36. The molecule has 2 rings (SSSR count). The number of rotatable bonds is 9. The van der Waals surface area contributed by atoms with Crippen LogP contribution in [0.5, 0.6) is 0 Å². The SMILES string of the molecule is CCCNC(=O)[C@@H](C)NC(=O)COC(=O)c1ccccc1CSC1=NCCS1. The lowest BCUT2D eigenvalue weighted by Gasteiger charge is -2.14. The van der Waals surface area contributed by atoms with Gasteiger partial charge in [0.2, 0.25) is 5.91 Å². The number of amides is 2. The molecule has 9 heteroatoms. The van der Waals surface area contributed by atoms with Gasteiger partial charge in [-0.2, -0.15) is 0 Å². The average Bonchev–Trinajstić information content (AvgIpc) is 3.22. The maximum atomic E-state index is 12.4. The number of carbonyl (C=O) groups is 3. The van der Waals surface area contributed by atoms with Crippen molar-refractivity contribution in [3.8, 4) is 0 Å². The second-order valence-electron chi connectivity index (χ2n) is 6.10. The second-order valence-corrected chi connectivity index (χ2v) is 8.40. The molecule has 1 heterocycles. The number of benzene rings is 1. The van der Waals surface area contributed by atoms with E-state index in [-0.39, 0.29) is 5.91 Å². The van der Waals surface area contributed by atoms with E-state index in [1.807, 2.05) is 19.1 Å². The molecule has 0 spiro atoms. The molecule has 2 amide bonds. The van der Waals surface area contributed by atoms with Crippen molar-refractivity contribution in [3.05, 3.63) is 35.4 Å². The first-order valence-electron chi connectivity index (χ1n) is 9.13. The molecule has 0 aromatic heterocycles. The maximum absolute atomic E-state index is 12.4. The second kappa shape index (κ2) is 11.8. The molecular weight excluding hydrogens is 398 g/mol. The quantitative estimate of drug-likeness (QED) is 0.591. The summed E-state index contributed by atoms with van der Waals surface area (Å²) in [7, 11) is 0. The van der Waals surface area contributed by atoms with Crippen molar-refractivity contribution in [1.82, 2.24) is 10.6 Å². The van der Waals surface area contributed by atoms with Crippen molar-refractivity contribution in [2.45, 2.75) is 32.1 Å². The normalized spacial score (nSPS) is 14.1. The maximum Gasteiger partial charge on any atom is 0.338 e. The molecule has 0 saturated carbocycles. The van der Waals surface area contributed by atoms with Gasteiger partial charge in [-0.3, -0.25) is 14.6 Å². The van der Waals surface area contributed by atoms with Crippen LogP contribution in [0.2, 0.25) is 0 Å². The third kappa shape index (κ3) is 7.20. The molecule has 0 aliphatic carbocycles. The minimum atomic E-state index is -0.689. The zero-order valence-corrected chi connectivity index (χ0v) is 17.7. The summed E-state index contributed by atoms with van der Waals surface area (Å²) in [6.45, 7) is 4.48. The van der Waals surface area contributed by atoms with E-state index in [0.29, 0.717) is 17.9 Å². The summed E-state index contributed by atoms with van der Waals surface area (Å²) in [6.07, 6.45) is 0.813. The Morgan fingerprint density at radius 3 is 2.82 bits per heavy atom.